The van der Waals surface area contributed by atoms with Crippen molar-refractivity contribution in [2.45, 2.75) is 18.4 Å². The van der Waals surface area contributed by atoms with Crippen LogP contribution in [0.4, 0.5) is 5.69 Å². The topological polar surface area (TPSA) is 53.5 Å². The molecule has 2 rings (SSSR count). The zero-order chi connectivity index (χ0) is 13.0. The third-order valence-corrected chi connectivity index (χ3v) is 3.54. The van der Waals surface area contributed by atoms with E-state index in [0.717, 1.165) is 37.4 Å². The Bertz CT molecular complexity index is 406. The number of anilines is 1. The quantitative estimate of drug-likeness (QED) is 0.782. The van der Waals surface area contributed by atoms with E-state index in [-0.39, 0.29) is 0 Å². The number of rotatable bonds is 4. The highest BCUT2D eigenvalue weighted by Crippen LogP contribution is 2.29. The second kappa shape index (κ2) is 5.78. The van der Waals surface area contributed by atoms with Crippen molar-refractivity contribution >= 4 is 17.3 Å². The van der Waals surface area contributed by atoms with Gasteiger partial charge in [0.1, 0.15) is 5.75 Å². The Balaban J connectivity index is 2.02. The van der Waals surface area contributed by atoms with Gasteiger partial charge in [-0.1, -0.05) is 11.6 Å². The van der Waals surface area contributed by atoms with Gasteiger partial charge < -0.3 is 20.5 Å². The van der Waals surface area contributed by atoms with Crippen LogP contribution in [0.25, 0.3) is 0 Å². The predicted octanol–water partition coefficient (Wildman–Crippen LogP) is 1.87. The summed E-state index contributed by atoms with van der Waals surface area (Å²) in [5.74, 6) is 0.733. The van der Waals surface area contributed by atoms with Crippen molar-refractivity contribution in [2.75, 3.05) is 32.1 Å². The van der Waals surface area contributed by atoms with Crippen LogP contribution in [0.3, 0.4) is 0 Å². The summed E-state index contributed by atoms with van der Waals surface area (Å²) >= 11 is 5.96. The minimum absolute atomic E-state index is 0.505. The first-order valence-corrected chi connectivity index (χ1v) is 6.51. The number of hydrogen-bond acceptors (Lipinski definition) is 4. The number of methoxy groups -OCH3 is 1. The molecule has 1 fully saturated rings. The minimum atomic E-state index is -0.654. The van der Waals surface area contributed by atoms with E-state index in [1.54, 1.807) is 13.2 Å². The molecule has 1 saturated heterocycles. The number of ether oxygens (including phenoxy) is 1. The third kappa shape index (κ3) is 3.28. The zero-order valence-electron chi connectivity index (χ0n) is 10.5. The standard InChI is InChI=1S/C13H19ClN2O2/c1-18-12-3-2-10(14)8-11(12)16-9-13(17)4-6-15-7-5-13/h2-3,8,15-17H,4-7,9H2,1H3. The first-order chi connectivity index (χ1) is 8.63. The Labute approximate surface area is 112 Å². The summed E-state index contributed by atoms with van der Waals surface area (Å²) in [6.45, 7) is 2.21. The molecule has 3 N–H and O–H groups in total. The van der Waals surface area contributed by atoms with Crippen LogP contribution in [0.15, 0.2) is 18.2 Å². The van der Waals surface area contributed by atoms with Crippen LogP contribution in [0, 0.1) is 0 Å². The number of hydrogen-bond donors (Lipinski definition) is 3. The average Bonchev–Trinajstić information content (AvgIpc) is 2.38. The highest BCUT2D eigenvalue weighted by Gasteiger charge is 2.28. The van der Waals surface area contributed by atoms with Gasteiger partial charge in [0.05, 0.1) is 18.4 Å². The van der Waals surface area contributed by atoms with Crippen molar-refractivity contribution in [3.63, 3.8) is 0 Å². The molecule has 0 spiro atoms. The number of benzene rings is 1. The maximum atomic E-state index is 10.4. The summed E-state index contributed by atoms with van der Waals surface area (Å²) in [5, 5.41) is 17.5. The summed E-state index contributed by atoms with van der Waals surface area (Å²) in [4.78, 5) is 0. The van der Waals surface area contributed by atoms with Gasteiger partial charge in [0.15, 0.2) is 0 Å². The lowest BCUT2D eigenvalue weighted by molar-refractivity contribution is 0.0232. The fourth-order valence-corrected chi connectivity index (χ4v) is 2.32. The van der Waals surface area contributed by atoms with Gasteiger partial charge >= 0.3 is 0 Å². The maximum Gasteiger partial charge on any atom is 0.142 e. The highest BCUT2D eigenvalue weighted by molar-refractivity contribution is 6.30. The van der Waals surface area contributed by atoms with Crippen molar-refractivity contribution < 1.29 is 9.84 Å². The molecular formula is C13H19ClN2O2. The van der Waals surface area contributed by atoms with Crippen LogP contribution in [-0.2, 0) is 0 Å². The van der Waals surface area contributed by atoms with Gasteiger partial charge in [-0.05, 0) is 44.1 Å². The highest BCUT2D eigenvalue weighted by atomic mass is 35.5. The van der Waals surface area contributed by atoms with Gasteiger partial charge in [-0.15, -0.1) is 0 Å². The molecule has 100 valence electrons. The molecule has 1 aromatic rings. The van der Waals surface area contributed by atoms with Gasteiger partial charge in [0, 0.05) is 11.6 Å². The SMILES string of the molecule is COc1ccc(Cl)cc1NCC1(O)CCNCC1. The summed E-state index contributed by atoms with van der Waals surface area (Å²) < 4.78 is 5.26. The number of nitrogens with one attached hydrogen (secondary N) is 2. The Morgan fingerprint density at radius 2 is 2.17 bits per heavy atom. The van der Waals surface area contributed by atoms with Crippen LogP contribution in [-0.4, -0.2) is 37.5 Å². The van der Waals surface area contributed by atoms with Crippen LogP contribution < -0.4 is 15.4 Å². The van der Waals surface area contributed by atoms with E-state index in [0.29, 0.717) is 11.6 Å². The Morgan fingerprint density at radius 1 is 1.44 bits per heavy atom. The van der Waals surface area contributed by atoms with E-state index >= 15 is 0 Å². The van der Waals surface area contributed by atoms with E-state index in [4.69, 9.17) is 16.3 Å². The molecule has 5 heteroatoms. The predicted molar refractivity (Wildman–Crippen MR) is 73.5 cm³/mol. The first kappa shape index (κ1) is 13.5. The molecular weight excluding hydrogens is 252 g/mol. The molecule has 0 aromatic heterocycles. The number of aliphatic hydroxyl groups is 1. The van der Waals surface area contributed by atoms with Gasteiger partial charge in [0.25, 0.3) is 0 Å². The van der Waals surface area contributed by atoms with Crippen molar-refractivity contribution in [3.05, 3.63) is 23.2 Å². The average molecular weight is 271 g/mol. The van der Waals surface area contributed by atoms with E-state index in [2.05, 4.69) is 10.6 Å². The van der Waals surface area contributed by atoms with Crippen LogP contribution >= 0.6 is 11.6 Å². The summed E-state index contributed by atoms with van der Waals surface area (Å²) in [7, 11) is 1.62. The molecule has 18 heavy (non-hydrogen) atoms. The van der Waals surface area contributed by atoms with Crippen molar-refractivity contribution in [1.82, 2.24) is 5.32 Å². The van der Waals surface area contributed by atoms with E-state index in [9.17, 15) is 5.11 Å². The third-order valence-electron chi connectivity index (χ3n) is 3.30. The zero-order valence-corrected chi connectivity index (χ0v) is 11.3. The molecule has 0 unspecified atom stereocenters. The second-order valence-corrected chi connectivity index (χ2v) is 5.11. The van der Waals surface area contributed by atoms with Crippen LogP contribution in [0.2, 0.25) is 5.02 Å². The van der Waals surface area contributed by atoms with Crippen LogP contribution in [0.1, 0.15) is 12.8 Å². The van der Waals surface area contributed by atoms with Crippen molar-refractivity contribution in [3.8, 4) is 5.75 Å². The molecule has 0 aliphatic carbocycles. The monoisotopic (exact) mass is 270 g/mol. The fourth-order valence-electron chi connectivity index (χ4n) is 2.15. The smallest absolute Gasteiger partial charge is 0.142 e. The van der Waals surface area contributed by atoms with E-state index < -0.39 is 5.60 Å². The summed E-state index contributed by atoms with van der Waals surface area (Å²) in [6, 6.07) is 5.41. The lowest BCUT2D eigenvalue weighted by Crippen LogP contribution is -2.46. The molecule has 1 aliphatic rings. The summed E-state index contributed by atoms with van der Waals surface area (Å²) in [6.07, 6.45) is 1.51. The molecule has 0 saturated carbocycles. The largest absolute Gasteiger partial charge is 0.495 e. The Kier molecular flexibility index (Phi) is 4.32. The van der Waals surface area contributed by atoms with Gasteiger partial charge in [-0.25, -0.2) is 0 Å². The van der Waals surface area contributed by atoms with Gasteiger partial charge in [0.2, 0.25) is 0 Å². The summed E-state index contributed by atoms with van der Waals surface area (Å²) in [5.41, 5.74) is 0.162. The molecule has 0 atom stereocenters. The Morgan fingerprint density at radius 3 is 2.83 bits per heavy atom. The molecule has 1 heterocycles. The fraction of sp³-hybridized carbons (Fsp3) is 0.538. The number of piperidine rings is 1. The Hall–Kier alpha value is -0.970. The van der Waals surface area contributed by atoms with Crippen molar-refractivity contribution in [1.29, 1.82) is 0 Å². The molecule has 1 aromatic carbocycles. The molecule has 4 nitrogen and oxygen atoms in total. The number of halogens is 1. The normalized spacial score (nSPS) is 18.4. The van der Waals surface area contributed by atoms with Crippen LogP contribution in [0.5, 0.6) is 5.75 Å². The lowest BCUT2D eigenvalue weighted by atomic mass is 9.92. The molecule has 0 bridgehead atoms. The lowest BCUT2D eigenvalue weighted by Gasteiger charge is -2.33. The maximum absolute atomic E-state index is 10.4. The molecule has 0 radical (unpaired) electrons. The van der Waals surface area contributed by atoms with Gasteiger partial charge in [-0.3, -0.25) is 0 Å². The second-order valence-electron chi connectivity index (χ2n) is 4.67. The minimum Gasteiger partial charge on any atom is -0.495 e. The first-order valence-electron chi connectivity index (χ1n) is 6.13. The molecule has 1 aliphatic heterocycles. The van der Waals surface area contributed by atoms with E-state index in [1.165, 1.54) is 0 Å². The van der Waals surface area contributed by atoms with E-state index in [1.807, 2.05) is 12.1 Å². The van der Waals surface area contributed by atoms with Gasteiger partial charge in [-0.2, -0.15) is 0 Å². The van der Waals surface area contributed by atoms with Crippen molar-refractivity contribution in [2.24, 2.45) is 0 Å². The molecule has 0 amide bonds.